The Balaban J connectivity index is 1.50. The highest BCUT2D eigenvalue weighted by molar-refractivity contribution is 5.85. The van der Waals surface area contributed by atoms with Gasteiger partial charge < -0.3 is 24.3 Å². The number of morpholine rings is 1. The molecule has 0 bridgehead atoms. The van der Waals surface area contributed by atoms with Crippen LogP contribution in [-0.2, 0) is 27.4 Å². The number of carbonyl (C=O) groups is 1. The van der Waals surface area contributed by atoms with Crippen LogP contribution in [0.5, 0.6) is 0 Å². The number of ether oxygens (including phenoxy) is 2. The molecular formula is C23H33N3O3. The summed E-state index contributed by atoms with van der Waals surface area (Å²) in [6.45, 7) is 6.67. The molecular weight excluding hydrogens is 366 g/mol. The molecule has 29 heavy (non-hydrogen) atoms. The normalized spacial score (nSPS) is 19.6. The second kappa shape index (κ2) is 9.28. The first kappa shape index (κ1) is 20.4. The molecule has 0 radical (unpaired) electrons. The van der Waals surface area contributed by atoms with Gasteiger partial charge in [0.25, 0.3) is 5.91 Å². The van der Waals surface area contributed by atoms with E-state index >= 15 is 0 Å². The minimum atomic E-state index is -0.347. The number of hydrogen-bond donors (Lipinski definition) is 1. The first-order chi connectivity index (χ1) is 14.2. The van der Waals surface area contributed by atoms with Gasteiger partial charge >= 0.3 is 0 Å². The van der Waals surface area contributed by atoms with Gasteiger partial charge in [-0.15, -0.1) is 0 Å². The third-order valence-corrected chi connectivity index (χ3v) is 5.97. The fourth-order valence-corrected chi connectivity index (χ4v) is 4.21. The molecule has 6 nitrogen and oxygen atoms in total. The van der Waals surface area contributed by atoms with Gasteiger partial charge in [-0.05, 0) is 49.8 Å². The summed E-state index contributed by atoms with van der Waals surface area (Å²) in [5.74, 6) is 0.130. The largest absolute Gasteiger partial charge is 0.385 e. The molecule has 4 rings (SSSR count). The van der Waals surface area contributed by atoms with E-state index in [0.29, 0.717) is 25.7 Å². The number of aryl methyl sites for hydroxylation is 2. The Kier molecular flexibility index (Phi) is 6.53. The number of benzene rings is 1. The molecule has 1 saturated heterocycles. The van der Waals surface area contributed by atoms with E-state index in [1.807, 2.05) is 4.90 Å². The highest BCUT2D eigenvalue weighted by Crippen LogP contribution is 2.30. The lowest BCUT2D eigenvalue weighted by atomic mass is 10.1. The monoisotopic (exact) mass is 399 g/mol. The maximum Gasteiger partial charge on any atom is 0.253 e. The Labute approximate surface area is 173 Å². The van der Waals surface area contributed by atoms with Gasteiger partial charge in [0.05, 0.1) is 6.61 Å². The van der Waals surface area contributed by atoms with E-state index in [9.17, 15) is 4.79 Å². The molecule has 0 unspecified atom stereocenters. The van der Waals surface area contributed by atoms with Gasteiger partial charge in [-0.25, -0.2) is 0 Å². The van der Waals surface area contributed by atoms with E-state index < -0.39 is 0 Å². The number of hydrogen-bond acceptors (Lipinski definition) is 4. The van der Waals surface area contributed by atoms with Crippen LogP contribution in [0.2, 0.25) is 0 Å². The van der Waals surface area contributed by atoms with Crippen molar-refractivity contribution < 1.29 is 14.3 Å². The Bertz CT molecular complexity index is 837. The standard InChI is InChI=1S/C23H33N3O3/c1-17-15-25(10-3-4-11-28-2)21-13-18(5-8-20(17)21)16-26(19-6-7-19)23(27)22-14-24-9-12-29-22/h5,8,13,15,19,22,24H,3-4,6-7,9-12,14,16H2,1-2H3/t22-/m1/s1. The summed E-state index contributed by atoms with van der Waals surface area (Å²) in [7, 11) is 1.75. The number of nitrogens with one attached hydrogen (secondary N) is 1. The lowest BCUT2D eigenvalue weighted by Crippen LogP contribution is -2.49. The number of methoxy groups -OCH3 is 1. The van der Waals surface area contributed by atoms with Crippen LogP contribution in [0, 0.1) is 6.92 Å². The number of fused-ring (bicyclic) bond motifs is 1. The second-order valence-corrected chi connectivity index (χ2v) is 8.32. The summed E-state index contributed by atoms with van der Waals surface area (Å²) in [5, 5.41) is 4.57. The van der Waals surface area contributed by atoms with Crippen molar-refractivity contribution in [1.29, 1.82) is 0 Å². The van der Waals surface area contributed by atoms with E-state index in [1.165, 1.54) is 22.0 Å². The minimum Gasteiger partial charge on any atom is -0.385 e. The van der Waals surface area contributed by atoms with Crippen LogP contribution in [0.15, 0.2) is 24.4 Å². The first-order valence-electron chi connectivity index (χ1n) is 10.9. The molecule has 1 amide bonds. The van der Waals surface area contributed by atoms with Crippen molar-refractivity contribution in [2.24, 2.45) is 0 Å². The molecule has 2 aromatic rings. The lowest BCUT2D eigenvalue weighted by Gasteiger charge is -2.30. The summed E-state index contributed by atoms with van der Waals surface area (Å²) in [6.07, 6.45) is 6.26. The highest BCUT2D eigenvalue weighted by Gasteiger charge is 2.36. The van der Waals surface area contributed by atoms with Crippen molar-refractivity contribution in [1.82, 2.24) is 14.8 Å². The number of carbonyl (C=O) groups excluding carboxylic acids is 1. The molecule has 158 valence electrons. The average molecular weight is 400 g/mol. The number of nitrogens with zero attached hydrogens (tertiary/aromatic N) is 2. The molecule has 1 aliphatic heterocycles. The van der Waals surface area contributed by atoms with Gasteiger partial charge in [-0.2, -0.15) is 0 Å². The van der Waals surface area contributed by atoms with Crippen molar-refractivity contribution in [3.63, 3.8) is 0 Å². The Hall–Kier alpha value is -1.89. The van der Waals surface area contributed by atoms with Gasteiger partial charge in [0.2, 0.25) is 0 Å². The van der Waals surface area contributed by atoms with Crippen molar-refractivity contribution in [3.05, 3.63) is 35.5 Å². The van der Waals surface area contributed by atoms with Gasteiger partial charge in [-0.3, -0.25) is 4.79 Å². The molecule has 1 aliphatic carbocycles. The van der Waals surface area contributed by atoms with E-state index in [2.05, 4.69) is 41.2 Å². The maximum atomic E-state index is 13.1. The number of rotatable bonds is 9. The smallest absolute Gasteiger partial charge is 0.253 e. The van der Waals surface area contributed by atoms with Gasteiger partial charge in [0, 0.05) is 63.0 Å². The summed E-state index contributed by atoms with van der Waals surface area (Å²) in [4.78, 5) is 15.1. The number of amides is 1. The number of unbranched alkanes of at least 4 members (excludes halogenated alkanes) is 1. The van der Waals surface area contributed by atoms with Crippen LogP contribution in [-0.4, -0.2) is 60.9 Å². The van der Waals surface area contributed by atoms with Crippen molar-refractivity contribution in [2.45, 2.75) is 57.8 Å². The average Bonchev–Trinajstić information content (AvgIpc) is 3.54. The molecule has 2 aliphatic rings. The molecule has 1 aromatic carbocycles. The first-order valence-corrected chi connectivity index (χ1v) is 10.9. The van der Waals surface area contributed by atoms with Crippen molar-refractivity contribution >= 4 is 16.8 Å². The van der Waals surface area contributed by atoms with Crippen LogP contribution in [0.4, 0.5) is 0 Å². The van der Waals surface area contributed by atoms with Crippen LogP contribution in [0.3, 0.4) is 0 Å². The zero-order valence-electron chi connectivity index (χ0n) is 17.7. The molecule has 1 N–H and O–H groups in total. The lowest BCUT2D eigenvalue weighted by molar-refractivity contribution is -0.146. The SMILES string of the molecule is COCCCCn1cc(C)c2ccc(CN(C(=O)[C@H]3CNCCO3)C3CC3)cc21. The summed E-state index contributed by atoms with van der Waals surface area (Å²) < 4.78 is 13.2. The molecule has 0 spiro atoms. The van der Waals surface area contributed by atoms with Crippen molar-refractivity contribution in [3.8, 4) is 0 Å². The van der Waals surface area contributed by atoms with Crippen molar-refractivity contribution in [2.75, 3.05) is 33.4 Å². The van der Waals surface area contributed by atoms with E-state index in [0.717, 1.165) is 45.4 Å². The maximum absolute atomic E-state index is 13.1. The summed E-state index contributed by atoms with van der Waals surface area (Å²) in [6, 6.07) is 7.01. The fourth-order valence-electron chi connectivity index (χ4n) is 4.21. The van der Waals surface area contributed by atoms with Crippen LogP contribution in [0.1, 0.15) is 36.8 Å². The second-order valence-electron chi connectivity index (χ2n) is 8.32. The van der Waals surface area contributed by atoms with Gasteiger partial charge in [-0.1, -0.05) is 12.1 Å². The van der Waals surface area contributed by atoms with E-state index in [4.69, 9.17) is 9.47 Å². The predicted molar refractivity (Wildman–Crippen MR) is 114 cm³/mol. The Morgan fingerprint density at radius 2 is 2.21 bits per heavy atom. The summed E-state index contributed by atoms with van der Waals surface area (Å²) in [5.41, 5.74) is 3.75. The summed E-state index contributed by atoms with van der Waals surface area (Å²) >= 11 is 0. The zero-order valence-corrected chi connectivity index (χ0v) is 17.7. The zero-order chi connectivity index (χ0) is 20.2. The van der Waals surface area contributed by atoms with E-state index in [-0.39, 0.29) is 12.0 Å². The third-order valence-electron chi connectivity index (χ3n) is 5.97. The molecule has 2 fully saturated rings. The highest BCUT2D eigenvalue weighted by atomic mass is 16.5. The topological polar surface area (TPSA) is 55.7 Å². The van der Waals surface area contributed by atoms with E-state index in [1.54, 1.807) is 7.11 Å². The minimum absolute atomic E-state index is 0.130. The number of aromatic nitrogens is 1. The van der Waals surface area contributed by atoms with Gasteiger partial charge in [0.1, 0.15) is 6.10 Å². The van der Waals surface area contributed by atoms with Gasteiger partial charge in [0.15, 0.2) is 0 Å². The molecule has 1 atom stereocenters. The Morgan fingerprint density at radius 3 is 2.93 bits per heavy atom. The predicted octanol–water partition coefficient (Wildman–Crippen LogP) is 2.86. The third kappa shape index (κ3) is 4.82. The fraction of sp³-hybridized carbons (Fsp3) is 0.609. The van der Waals surface area contributed by atoms with Crippen LogP contribution < -0.4 is 5.32 Å². The molecule has 6 heteroatoms. The molecule has 2 heterocycles. The molecule has 1 saturated carbocycles. The Morgan fingerprint density at radius 1 is 1.34 bits per heavy atom. The van der Waals surface area contributed by atoms with Crippen LogP contribution >= 0.6 is 0 Å². The van der Waals surface area contributed by atoms with Crippen LogP contribution in [0.25, 0.3) is 10.9 Å². The molecule has 1 aromatic heterocycles. The quantitative estimate of drug-likeness (QED) is 0.659.